The fourth-order valence-corrected chi connectivity index (χ4v) is 1.71. The molecule has 108 valence electrons. The summed E-state index contributed by atoms with van der Waals surface area (Å²) in [7, 11) is -4.70. The lowest BCUT2D eigenvalue weighted by molar-refractivity contribution is -0.164. The number of halogens is 6. The quantitative estimate of drug-likeness (QED) is 0.577. The van der Waals surface area contributed by atoms with Gasteiger partial charge in [0.05, 0.1) is 7.11 Å². The molecule has 0 aromatic heterocycles. The van der Waals surface area contributed by atoms with Crippen LogP contribution in [0.4, 0.5) is 31.1 Å². The summed E-state index contributed by atoms with van der Waals surface area (Å²) in [6, 6.07) is 0. The molecular weight excluding hydrogens is 297 g/mol. The first-order valence-corrected chi connectivity index (χ1v) is 5.55. The molecule has 0 radical (unpaired) electrons. The average Bonchev–Trinajstić information content (AvgIpc) is 2.20. The monoisotopic (exact) mass is 304 g/mol. The largest absolute Gasteiger partial charge is 0.460 e. The summed E-state index contributed by atoms with van der Waals surface area (Å²) in [4.78, 5) is 10.8. The van der Waals surface area contributed by atoms with E-state index in [1.165, 1.54) is 0 Å². The van der Waals surface area contributed by atoms with Crippen LogP contribution in [0.3, 0.4) is 0 Å². The second kappa shape index (κ2) is 5.89. The minimum Gasteiger partial charge on any atom is -0.460 e. The summed E-state index contributed by atoms with van der Waals surface area (Å²) in [6.45, 7) is -4.42. The highest BCUT2D eigenvalue weighted by atomic mass is 31.2. The third-order valence-corrected chi connectivity index (χ3v) is 2.76. The molecule has 0 amide bonds. The van der Waals surface area contributed by atoms with Crippen LogP contribution in [0.25, 0.3) is 0 Å². The smallest absolute Gasteiger partial charge is 0.439 e. The molecule has 0 unspecified atom stereocenters. The maximum atomic E-state index is 11.8. The predicted molar refractivity (Wildman–Crippen MR) is 44.0 cm³/mol. The van der Waals surface area contributed by atoms with Crippen LogP contribution in [0.2, 0.25) is 0 Å². The molecule has 0 aromatic carbocycles. The zero-order valence-electron chi connectivity index (χ0n) is 8.67. The van der Waals surface area contributed by atoms with E-state index in [1.54, 1.807) is 0 Å². The van der Waals surface area contributed by atoms with Crippen molar-refractivity contribution >= 4 is 13.3 Å². The maximum absolute atomic E-state index is 11.8. The highest BCUT2D eigenvalue weighted by molar-refractivity contribution is 7.71. The van der Waals surface area contributed by atoms with Crippen LogP contribution in [0, 0.1) is 0 Å². The van der Waals surface area contributed by atoms with Gasteiger partial charge in [0.1, 0.15) is 0 Å². The van der Waals surface area contributed by atoms with Gasteiger partial charge in [0, 0.05) is 0 Å². The Morgan fingerprint density at radius 1 is 1.00 bits per heavy atom. The molecule has 18 heavy (non-hydrogen) atoms. The van der Waals surface area contributed by atoms with Gasteiger partial charge in [-0.2, -0.15) is 26.3 Å². The molecule has 0 rings (SSSR count). The SMILES string of the molecule is COC(=O)P(=O)(OCC(F)(F)F)OCC(F)(F)F. The predicted octanol–water partition coefficient (Wildman–Crippen LogP) is 3.10. The number of rotatable bonds is 5. The van der Waals surface area contributed by atoms with E-state index in [-0.39, 0.29) is 0 Å². The Bertz CT molecular complexity index is 314. The molecule has 0 fully saturated rings. The highest BCUT2D eigenvalue weighted by Gasteiger charge is 2.44. The lowest BCUT2D eigenvalue weighted by atomic mass is 10.7. The minimum atomic E-state index is -5.30. The van der Waals surface area contributed by atoms with Crippen molar-refractivity contribution in [2.75, 3.05) is 20.3 Å². The summed E-state index contributed by atoms with van der Waals surface area (Å²) < 4.78 is 92.7. The van der Waals surface area contributed by atoms with E-state index in [2.05, 4.69) is 13.8 Å². The molecule has 0 heterocycles. The van der Waals surface area contributed by atoms with Crippen molar-refractivity contribution in [2.24, 2.45) is 0 Å². The van der Waals surface area contributed by atoms with E-state index in [9.17, 15) is 35.7 Å². The Hall–Kier alpha value is -0.800. The van der Waals surface area contributed by atoms with Crippen LogP contribution in [-0.2, 0) is 18.3 Å². The zero-order chi connectivity index (χ0) is 14.6. The van der Waals surface area contributed by atoms with Crippen molar-refractivity contribution in [3.63, 3.8) is 0 Å². The molecule has 0 saturated carbocycles. The fraction of sp³-hybridized carbons (Fsp3) is 0.833. The first kappa shape index (κ1) is 17.2. The summed E-state index contributed by atoms with van der Waals surface area (Å²) in [5.41, 5.74) is -1.95. The van der Waals surface area contributed by atoms with Gasteiger partial charge < -0.3 is 4.74 Å². The molecule has 12 heteroatoms. The van der Waals surface area contributed by atoms with Crippen molar-refractivity contribution in [1.82, 2.24) is 0 Å². The minimum absolute atomic E-state index is 0.600. The van der Waals surface area contributed by atoms with Crippen molar-refractivity contribution < 1.29 is 49.5 Å². The molecule has 0 bridgehead atoms. The molecule has 0 aliphatic carbocycles. The first-order valence-electron chi connectivity index (χ1n) is 4.01. The Balaban J connectivity index is 4.75. The topological polar surface area (TPSA) is 61.8 Å². The number of hydrogen-bond donors (Lipinski definition) is 0. The standard InChI is InChI=1S/C6H7F6O5P/c1-15-4(13)18(14,16-2-5(7,8)9)17-3-6(10,11)12/h2-3H2,1H3. The molecule has 0 atom stereocenters. The number of methoxy groups -OCH3 is 1. The van der Waals surface area contributed by atoms with Crippen LogP contribution < -0.4 is 0 Å². The first-order chi connectivity index (χ1) is 7.90. The average molecular weight is 304 g/mol. The van der Waals surface area contributed by atoms with Crippen molar-refractivity contribution in [3.8, 4) is 0 Å². The Kier molecular flexibility index (Phi) is 5.63. The van der Waals surface area contributed by atoms with Crippen LogP contribution >= 0.6 is 7.60 Å². The highest BCUT2D eigenvalue weighted by Crippen LogP contribution is 2.51. The van der Waals surface area contributed by atoms with Crippen molar-refractivity contribution in [2.45, 2.75) is 12.4 Å². The number of hydrogen-bond acceptors (Lipinski definition) is 5. The Morgan fingerprint density at radius 3 is 1.56 bits per heavy atom. The van der Waals surface area contributed by atoms with E-state index in [0.717, 1.165) is 0 Å². The zero-order valence-corrected chi connectivity index (χ0v) is 9.56. The van der Waals surface area contributed by atoms with Gasteiger partial charge in [-0.05, 0) is 0 Å². The van der Waals surface area contributed by atoms with E-state index < -0.39 is 38.9 Å². The molecule has 0 saturated heterocycles. The normalized spacial score (nSPS) is 13.5. The van der Waals surface area contributed by atoms with Gasteiger partial charge in [0.25, 0.3) is 0 Å². The van der Waals surface area contributed by atoms with Crippen LogP contribution in [0.1, 0.15) is 0 Å². The molecule has 5 nitrogen and oxygen atoms in total. The third-order valence-electron chi connectivity index (χ3n) is 1.19. The molecule has 0 aromatic rings. The van der Waals surface area contributed by atoms with Gasteiger partial charge in [0.2, 0.25) is 0 Å². The second-order valence-electron chi connectivity index (χ2n) is 2.74. The number of alkyl halides is 6. The molecular formula is C6H7F6O5P. The van der Waals surface area contributed by atoms with Crippen LogP contribution in [0.5, 0.6) is 0 Å². The molecule has 0 spiro atoms. The van der Waals surface area contributed by atoms with Crippen molar-refractivity contribution in [1.29, 1.82) is 0 Å². The van der Waals surface area contributed by atoms with Crippen LogP contribution in [-0.4, -0.2) is 38.4 Å². The second-order valence-corrected chi connectivity index (χ2v) is 4.62. The van der Waals surface area contributed by atoms with Gasteiger partial charge in [-0.15, -0.1) is 0 Å². The van der Waals surface area contributed by atoms with Gasteiger partial charge in [-0.3, -0.25) is 9.05 Å². The van der Waals surface area contributed by atoms with Gasteiger partial charge in [0.15, 0.2) is 13.2 Å². The Morgan fingerprint density at radius 2 is 1.33 bits per heavy atom. The molecule has 0 aliphatic rings. The summed E-state index contributed by atoms with van der Waals surface area (Å²) in [5, 5.41) is 0. The van der Waals surface area contributed by atoms with E-state index in [4.69, 9.17) is 0 Å². The van der Waals surface area contributed by atoms with E-state index >= 15 is 0 Å². The molecule has 0 N–H and O–H groups in total. The fourth-order valence-electron chi connectivity index (χ4n) is 0.571. The van der Waals surface area contributed by atoms with E-state index in [0.29, 0.717) is 7.11 Å². The third kappa shape index (κ3) is 6.82. The summed E-state index contributed by atoms with van der Waals surface area (Å²) in [5.74, 6) is 0. The lowest BCUT2D eigenvalue weighted by Crippen LogP contribution is -2.22. The summed E-state index contributed by atoms with van der Waals surface area (Å²) >= 11 is 0. The van der Waals surface area contributed by atoms with Gasteiger partial charge >= 0.3 is 25.7 Å². The van der Waals surface area contributed by atoms with E-state index in [1.807, 2.05) is 0 Å². The van der Waals surface area contributed by atoms with Crippen molar-refractivity contribution in [3.05, 3.63) is 0 Å². The lowest BCUT2D eigenvalue weighted by Gasteiger charge is -2.17. The van der Waals surface area contributed by atoms with Crippen LogP contribution in [0.15, 0.2) is 0 Å². The Labute approximate surface area is 96.5 Å². The van der Waals surface area contributed by atoms with Gasteiger partial charge in [-0.25, -0.2) is 9.36 Å². The molecule has 0 aliphatic heterocycles. The van der Waals surface area contributed by atoms with Gasteiger partial charge in [-0.1, -0.05) is 0 Å². The number of carbonyl (C=O) groups excluding carboxylic acids is 1. The summed E-state index contributed by atoms with van der Waals surface area (Å²) in [6.07, 6.45) is -9.99. The number of carbonyl (C=O) groups is 1. The maximum Gasteiger partial charge on any atom is 0.439 e. The number of ether oxygens (including phenoxy) is 1.